The highest BCUT2D eigenvalue weighted by Crippen LogP contribution is 2.22. The third-order valence-electron chi connectivity index (χ3n) is 4.66. The molecule has 0 radical (unpaired) electrons. The van der Waals surface area contributed by atoms with Crippen LogP contribution in [0, 0.1) is 30.9 Å². The van der Waals surface area contributed by atoms with Gasteiger partial charge in [0.1, 0.15) is 0 Å². The number of benzene rings is 1. The fraction of sp³-hybridized carbons (Fsp3) is 0.400. The highest BCUT2D eigenvalue weighted by molar-refractivity contribution is 6.00. The van der Waals surface area contributed by atoms with E-state index in [1.807, 2.05) is 18.4 Å². The number of Topliss-reactive ketones (excluding diaryl/α,β-unsaturated/α-hetero) is 1. The average Bonchev–Trinajstić information content (AvgIpc) is 2.94. The van der Waals surface area contributed by atoms with Gasteiger partial charge < -0.3 is 14.0 Å². The van der Waals surface area contributed by atoms with Gasteiger partial charge in [-0.05, 0) is 39.3 Å². The molecule has 2 rings (SSSR count). The molecule has 0 fully saturated rings. The Bertz CT molecular complexity index is 900. The predicted molar refractivity (Wildman–Crippen MR) is 103 cm³/mol. The first-order valence-corrected chi connectivity index (χ1v) is 8.88. The van der Waals surface area contributed by atoms with Gasteiger partial charge in [0.15, 0.2) is 6.61 Å². The van der Waals surface area contributed by atoms with Crippen molar-refractivity contribution in [2.24, 2.45) is 0 Å². The second-order valence-electron chi connectivity index (χ2n) is 6.49. The SMILES string of the molecule is COCCCn1c(C)cc(C(=O)COC(=O)c2cccc([N+](=O)[O-])c2C)c1C. The van der Waals surface area contributed by atoms with Crippen LogP contribution < -0.4 is 0 Å². The van der Waals surface area contributed by atoms with E-state index in [1.54, 1.807) is 13.2 Å². The van der Waals surface area contributed by atoms with Crippen LogP contribution in [0.2, 0.25) is 0 Å². The second kappa shape index (κ2) is 9.27. The number of ether oxygens (including phenoxy) is 2. The van der Waals surface area contributed by atoms with Crippen molar-refractivity contribution in [1.82, 2.24) is 4.57 Å². The molecule has 2 aromatic rings. The molecule has 28 heavy (non-hydrogen) atoms. The normalized spacial score (nSPS) is 10.7. The number of carbonyl (C=O) groups excluding carboxylic acids is 2. The van der Waals surface area contributed by atoms with Crippen LogP contribution in [0.1, 0.15) is 44.1 Å². The number of esters is 1. The standard InChI is InChI=1S/C20H24N2O6/c1-13-11-17(15(3)21(13)9-6-10-27-4)19(23)12-28-20(24)16-7-5-8-18(14(16)2)22(25)26/h5,7-8,11H,6,9-10,12H2,1-4H3. The van der Waals surface area contributed by atoms with Crippen molar-refractivity contribution in [3.05, 3.63) is 62.5 Å². The fourth-order valence-electron chi connectivity index (χ4n) is 3.12. The first kappa shape index (κ1) is 21.3. The molecule has 0 amide bonds. The number of hydrogen-bond acceptors (Lipinski definition) is 6. The molecular formula is C20H24N2O6. The monoisotopic (exact) mass is 388 g/mol. The summed E-state index contributed by atoms with van der Waals surface area (Å²) in [7, 11) is 1.64. The Hall–Kier alpha value is -3.00. The van der Waals surface area contributed by atoms with E-state index in [4.69, 9.17) is 9.47 Å². The molecule has 8 heteroatoms. The molecule has 0 saturated heterocycles. The fourth-order valence-corrected chi connectivity index (χ4v) is 3.12. The topological polar surface area (TPSA) is 101 Å². The van der Waals surface area contributed by atoms with E-state index in [0.29, 0.717) is 12.2 Å². The maximum atomic E-state index is 12.5. The maximum Gasteiger partial charge on any atom is 0.339 e. The van der Waals surface area contributed by atoms with Gasteiger partial charge in [0.05, 0.1) is 10.5 Å². The van der Waals surface area contributed by atoms with E-state index in [1.165, 1.54) is 25.1 Å². The van der Waals surface area contributed by atoms with E-state index in [9.17, 15) is 19.7 Å². The molecule has 0 unspecified atom stereocenters. The molecule has 1 heterocycles. The molecule has 150 valence electrons. The average molecular weight is 388 g/mol. The van der Waals surface area contributed by atoms with E-state index < -0.39 is 17.5 Å². The minimum absolute atomic E-state index is 0.0760. The summed E-state index contributed by atoms with van der Waals surface area (Å²) in [5, 5.41) is 11.0. The van der Waals surface area contributed by atoms with Crippen LogP contribution in [0.25, 0.3) is 0 Å². The number of ketones is 1. The first-order valence-electron chi connectivity index (χ1n) is 8.88. The van der Waals surface area contributed by atoms with Crippen LogP contribution in [-0.2, 0) is 16.0 Å². The lowest BCUT2D eigenvalue weighted by molar-refractivity contribution is -0.385. The number of methoxy groups -OCH3 is 1. The molecule has 0 aliphatic heterocycles. The quantitative estimate of drug-likeness (QED) is 0.215. The number of carbonyl (C=O) groups is 2. The van der Waals surface area contributed by atoms with E-state index >= 15 is 0 Å². The number of nitro groups is 1. The van der Waals surface area contributed by atoms with Gasteiger partial charge in [-0.15, -0.1) is 0 Å². The van der Waals surface area contributed by atoms with Crippen LogP contribution in [0.3, 0.4) is 0 Å². The number of aryl methyl sites for hydroxylation is 1. The summed E-state index contributed by atoms with van der Waals surface area (Å²) in [4.78, 5) is 35.3. The zero-order valence-electron chi connectivity index (χ0n) is 16.5. The van der Waals surface area contributed by atoms with Crippen molar-refractivity contribution >= 4 is 17.4 Å². The number of aromatic nitrogens is 1. The summed E-state index contributed by atoms with van der Waals surface area (Å²) < 4.78 is 12.2. The van der Waals surface area contributed by atoms with Crippen molar-refractivity contribution in [2.45, 2.75) is 33.7 Å². The summed E-state index contributed by atoms with van der Waals surface area (Å²) in [6.07, 6.45) is 0.821. The van der Waals surface area contributed by atoms with Gasteiger partial charge in [0.2, 0.25) is 5.78 Å². The summed E-state index contributed by atoms with van der Waals surface area (Å²) in [6.45, 7) is 6.16. The predicted octanol–water partition coefficient (Wildman–Crippen LogP) is 3.40. The van der Waals surface area contributed by atoms with E-state index in [2.05, 4.69) is 0 Å². The number of nitrogens with zero attached hydrogens (tertiary/aromatic N) is 2. The molecule has 1 aromatic carbocycles. The summed E-state index contributed by atoms with van der Waals surface area (Å²) >= 11 is 0. The number of hydrogen-bond donors (Lipinski definition) is 0. The number of rotatable bonds is 9. The largest absolute Gasteiger partial charge is 0.454 e. The number of nitro benzene ring substituents is 1. The Balaban J connectivity index is 2.08. The van der Waals surface area contributed by atoms with Gasteiger partial charge in [-0.1, -0.05) is 6.07 Å². The summed E-state index contributed by atoms with van der Waals surface area (Å²) in [5.41, 5.74) is 2.37. The van der Waals surface area contributed by atoms with Gasteiger partial charge in [-0.3, -0.25) is 14.9 Å². The van der Waals surface area contributed by atoms with Crippen molar-refractivity contribution in [3.8, 4) is 0 Å². The molecular weight excluding hydrogens is 364 g/mol. The zero-order chi connectivity index (χ0) is 20.8. The molecule has 8 nitrogen and oxygen atoms in total. The summed E-state index contributed by atoms with van der Waals surface area (Å²) in [5.74, 6) is -1.08. The Morgan fingerprint density at radius 1 is 1.18 bits per heavy atom. The minimum Gasteiger partial charge on any atom is -0.454 e. The van der Waals surface area contributed by atoms with Crippen LogP contribution in [0.5, 0.6) is 0 Å². The highest BCUT2D eigenvalue weighted by Gasteiger charge is 2.21. The van der Waals surface area contributed by atoms with Crippen LogP contribution in [-0.4, -0.2) is 41.6 Å². The van der Waals surface area contributed by atoms with Gasteiger partial charge >= 0.3 is 5.97 Å². The Labute approximate surface area is 163 Å². The lowest BCUT2D eigenvalue weighted by Gasteiger charge is -2.10. The Morgan fingerprint density at radius 3 is 2.54 bits per heavy atom. The molecule has 0 spiro atoms. The molecule has 0 aliphatic rings. The Morgan fingerprint density at radius 2 is 1.89 bits per heavy atom. The minimum atomic E-state index is -0.761. The second-order valence-corrected chi connectivity index (χ2v) is 6.49. The van der Waals surface area contributed by atoms with Crippen LogP contribution >= 0.6 is 0 Å². The van der Waals surface area contributed by atoms with Crippen LogP contribution in [0.15, 0.2) is 24.3 Å². The third-order valence-corrected chi connectivity index (χ3v) is 4.66. The molecule has 0 aliphatic carbocycles. The van der Waals surface area contributed by atoms with Crippen molar-refractivity contribution in [3.63, 3.8) is 0 Å². The maximum absolute atomic E-state index is 12.5. The highest BCUT2D eigenvalue weighted by atomic mass is 16.6. The molecule has 0 atom stereocenters. The zero-order valence-corrected chi connectivity index (χ0v) is 16.5. The third kappa shape index (κ3) is 4.64. The van der Waals surface area contributed by atoms with E-state index in [0.717, 1.165) is 24.4 Å². The van der Waals surface area contributed by atoms with Crippen molar-refractivity contribution in [2.75, 3.05) is 20.3 Å². The van der Waals surface area contributed by atoms with Gasteiger partial charge in [-0.2, -0.15) is 0 Å². The smallest absolute Gasteiger partial charge is 0.339 e. The molecule has 0 N–H and O–H groups in total. The lowest BCUT2D eigenvalue weighted by Crippen LogP contribution is -2.16. The molecule has 1 aromatic heterocycles. The van der Waals surface area contributed by atoms with Gasteiger partial charge in [0, 0.05) is 48.8 Å². The lowest BCUT2D eigenvalue weighted by atomic mass is 10.1. The first-order chi connectivity index (χ1) is 13.3. The van der Waals surface area contributed by atoms with Crippen molar-refractivity contribution in [1.29, 1.82) is 0 Å². The molecule has 0 saturated carbocycles. The van der Waals surface area contributed by atoms with E-state index in [-0.39, 0.29) is 22.6 Å². The van der Waals surface area contributed by atoms with Gasteiger partial charge in [0.25, 0.3) is 5.69 Å². The van der Waals surface area contributed by atoms with Crippen LogP contribution in [0.4, 0.5) is 5.69 Å². The summed E-state index contributed by atoms with van der Waals surface area (Å²) in [6, 6.07) is 5.95. The van der Waals surface area contributed by atoms with Gasteiger partial charge in [-0.25, -0.2) is 4.79 Å². The molecule has 0 bridgehead atoms. The Kier molecular flexibility index (Phi) is 7.06. The van der Waals surface area contributed by atoms with Crippen molar-refractivity contribution < 1.29 is 24.0 Å².